The number of rotatable bonds is 0. The Labute approximate surface area is 89.4 Å². The second-order valence-corrected chi connectivity index (χ2v) is 0.283. The summed E-state index contributed by atoms with van der Waals surface area (Å²) in [5, 5.41) is 13.9. The van der Waals surface area contributed by atoms with Gasteiger partial charge in [0.15, 0.2) is 0 Å². The van der Waals surface area contributed by atoms with E-state index < -0.39 is 6.16 Å². The monoisotopic (exact) mass is 167 g/mol. The first kappa shape index (κ1) is 36.1. The van der Waals surface area contributed by atoms with Crippen molar-refractivity contribution in [3.05, 3.63) is 0 Å². The summed E-state index contributed by atoms with van der Waals surface area (Å²) in [7, 11) is 0. The van der Waals surface area contributed by atoms with Gasteiger partial charge in [0, 0.05) is 17.4 Å². The molecule has 0 aliphatic rings. The summed E-state index contributed by atoms with van der Waals surface area (Å²) in [5.41, 5.74) is 0. The molecule has 0 aromatic rings. The molecule has 0 aliphatic carbocycles. The van der Waals surface area contributed by atoms with Crippen molar-refractivity contribution in [2.24, 2.45) is 0 Å². The van der Waals surface area contributed by atoms with Crippen molar-refractivity contribution in [1.29, 1.82) is 0 Å². The molecule has 0 aliphatic heterocycles. The Bertz CT molecular complexity index is 42.6. The molecule has 5 nitrogen and oxygen atoms in total. The van der Waals surface area contributed by atoms with E-state index in [0.29, 0.717) is 0 Å². The molecule has 0 unspecified atom stereocenters. The predicted octanol–water partition coefficient (Wildman–Crippen LogP) is -1.96. The van der Waals surface area contributed by atoms with Crippen LogP contribution < -0.4 is 0 Å². The molecule has 3 radical (unpaired) electrons. The van der Waals surface area contributed by atoms with Gasteiger partial charge in [0.25, 0.3) is 0 Å². The van der Waals surface area contributed by atoms with E-state index in [2.05, 4.69) is 0 Å². The summed E-state index contributed by atoms with van der Waals surface area (Å²) in [4.78, 5) is 8.56. The summed E-state index contributed by atoms with van der Waals surface area (Å²) in [6.07, 6.45) is -1.83. The van der Waals surface area contributed by atoms with Gasteiger partial charge in [-0.15, -0.1) is 0 Å². The molecule has 0 atom stereocenters. The van der Waals surface area contributed by atoms with Gasteiger partial charge >= 0.3 is 43.9 Å². The molecule has 47 valence electrons. The molecule has 6 N–H and O–H groups in total. The topological polar surface area (TPSA) is 121 Å². The molecule has 7 heteroatoms. The fourth-order valence-electron chi connectivity index (χ4n) is 0. The number of carbonyl (C=O) groups is 1. The van der Waals surface area contributed by atoms with Crippen molar-refractivity contribution in [1.82, 2.24) is 0 Å². The zero-order valence-electron chi connectivity index (χ0n) is 6.09. The van der Waals surface area contributed by atoms with Gasteiger partial charge in [-0.25, -0.2) is 4.79 Å². The minimum absolute atomic E-state index is 0. The van der Waals surface area contributed by atoms with Crippen molar-refractivity contribution in [3.8, 4) is 0 Å². The van der Waals surface area contributed by atoms with E-state index in [0.717, 1.165) is 0 Å². The summed E-state index contributed by atoms with van der Waals surface area (Å²) in [5.74, 6) is 0. The van der Waals surface area contributed by atoms with Gasteiger partial charge < -0.3 is 24.0 Å². The maximum Gasteiger partial charge on any atom is 2.00 e. The van der Waals surface area contributed by atoms with Crippen LogP contribution in [0.5, 0.6) is 0 Å². The van der Waals surface area contributed by atoms with Crippen molar-refractivity contribution < 1.29 is 28.8 Å². The third-order valence-corrected chi connectivity index (χ3v) is 0. The molecule has 0 rings (SSSR count). The fourth-order valence-corrected chi connectivity index (χ4v) is 0. The predicted molar refractivity (Wildman–Crippen MR) is 31.6 cm³/mol. The van der Waals surface area contributed by atoms with Crippen LogP contribution in [0.15, 0.2) is 0 Å². The first-order valence-electron chi connectivity index (χ1n) is 0.651. The SMILES string of the molecule is O.O.O=C(O)O.[Al].[Ca+2].[H-].[H-]. The van der Waals surface area contributed by atoms with Crippen LogP contribution in [-0.4, -0.2) is 82.4 Å². The van der Waals surface area contributed by atoms with Crippen molar-refractivity contribution in [3.63, 3.8) is 0 Å². The van der Waals surface area contributed by atoms with Crippen LogP contribution in [0.4, 0.5) is 4.79 Å². The molecule has 0 bridgehead atoms. The molecule has 8 heavy (non-hydrogen) atoms. The standard InChI is InChI=1S/CH2O3.Al.Ca.2H2O.2H/c2-1(3)4;;;;;;/h(H2,2,3,4);;;2*1H2;;/q;;+2;;;2*-1. The molecule has 0 saturated carbocycles. The average Bonchev–Trinajstić information content (AvgIpc) is 0.811. The van der Waals surface area contributed by atoms with Crippen molar-refractivity contribution in [2.75, 3.05) is 0 Å². The van der Waals surface area contributed by atoms with E-state index in [1.54, 1.807) is 0 Å². The maximum atomic E-state index is 8.56. The summed E-state index contributed by atoms with van der Waals surface area (Å²) >= 11 is 0. The number of hydrogen-bond donors (Lipinski definition) is 2. The van der Waals surface area contributed by atoms with E-state index in [-0.39, 0.29) is 68.9 Å². The van der Waals surface area contributed by atoms with Gasteiger partial charge in [-0.3, -0.25) is 0 Å². The third kappa shape index (κ3) is 259. The molecule has 0 spiro atoms. The number of hydrogen-bond acceptors (Lipinski definition) is 1. The average molecular weight is 167 g/mol. The molecule has 0 amide bonds. The molecule has 0 saturated heterocycles. The minimum Gasteiger partial charge on any atom is -1.00 e. The van der Waals surface area contributed by atoms with Gasteiger partial charge in [0.1, 0.15) is 0 Å². The van der Waals surface area contributed by atoms with Gasteiger partial charge in [-0.05, 0) is 0 Å². The second-order valence-electron chi connectivity index (χ2n) is 0.283. The van der Waals surface area contributed by atoms with E-state index in [9.17, 15) is 0 Å². The Hall–Kier alpha value is 0.982. The van der Waals surface area contributed by atoms with Crippen LogP contribution >= 0.6 is 0 Å². The Morgan fingerprint density at radius 1 is 1.25 bits per heavy atom. The van der Waals surface area contributed by atoms with Crippen LogP contribution in [0, 0.1) is 0 Å². The molecule has 0 fully saturated rings. The van der Waals surface area contributed by atoms with Crippen LogP contribution in [0.25, 0.3) is 0 Å². The van der Waals surface area contributed by atoms with Gasteiger partial charge in [0.2, 0.25) is 0 Å². The van der Waals surface area contributed by atoms with Gasteiger partial charge in [-0.1, -0.05) is 0 Å². The Morgan fingerprint density at radius 3 is 1.25 bits per heavy atom. The summed E-state index contributed by atoms with van der Waals surface area (Å²) < 4.78 is 0. The second kappa shape index (κ2) is 24.5. The van der Waals surface area contributed by atoms with Crippen molar-refractivity contribution in [2.45, 2.75) is 0 Å². The molecule has 0 heterocycles. The van der Waals surface area contributed by atoms with E-state index in [1.807, 2.05) is 0 Å². The third-order valence-electron chi connectivity index (χ3n) is 0. The Kier molecular flexibility index (Phi) is 111. The summed E-state index contributed by atoms with van der Waals surface area (Å²) in [6, 6.07) is 0. The first-order chi connectivity index (χ1) is 1.73. The van der Waals surface area contributed by atoms with Crippen LogP contribution in [0.3, 0.4) is 0 Å². The molecular formula is CH8AlCaO5. The van der Waals surface area contributed by atoms with Gasteiger partial charge in [-0.2, -0.15) is 0 Å². The minimum atomic E-state index is -1.83. The molecule has 0 aromatic carbocycles. The first-order valence-corrected chi connectivity index (χ1v) is 0.651. The Balaban J connectivity index is -0.00000000300. The smallest absolute Gasteiger partial charge is 1.00 e. The van der Waals surface area contributed by atoms with Crippen LogP contribution in [0.1, 0.15) is 2.85 Å². The maximum absolute atomic E-state index is 8.56. The number of carboxylic acid groups (broad SMARTS) is 2. The van der Waals surface area contributed by atoms with E-state index in [4.69, 9.17) is 15.0 Å². The van der Waals surface area contributed by atoms with Crippen LogP contribution in [0.2, 0.25) is 0 Å². The quantitative estimate of drug-likeness (QED) is 0.407. The molecule has 0 aromatic heterocycles. The van der Waals surface area contributed by atoms with Crippen LogP contribution in [-0.2, 0) is 0 Å². The molecular weight excluding hydrogens is 159 g/mol. The zero-order chi connectivity index (χ0) is 3.58. The normalized spacial score (nSPS) is 3.00. The van der Waals surface area contributed by atoms with E-state index >= 15 is 0 Å². The fraction of sp³-hybridized carbons (Fsp3) is 0. The largest absolute Gasteiger partial charge is 2.00 e. The van der Waals surface area contributed by atoms with Crippen molar-refractivity contribution >= 4 is 61.3 Å². The Morgan fingerprint density at radius 2 is 1.25 bits per heavy atom. The zero-order valence-corrected chi connectivity index (χ0v) is 7.45. The van der Waals surface area contributed by atoms with Gasteiger partial charge in [0.05, 0.1) is 0 Å². The van der Waals surface area contributed by atoms with E-state index in [1.165, 1.54) is 0 Å². The summed E-state index contributed by atoms with van der Waals surface area (Å²) in [6.45, 7) is 0.